The topological polar surface area (TPSA) is 86.6 Å². The van der Waals surface area contributed by atoms with E-state index >= 15 is 0 Å². The molecule has 1 aliphatic heterocycles. The van der Waals surface area contributed by atoms with Gasteiger partial charge in [0.15, 0.2) is 0 Å². The van der Waals surface area contributed by atoms with Crippen LogP contribution >= 0.6 is 11.6 Å². The van der Waals surface area contributed by atoms with Gasteiger partial charge in [-0.2, -0.15) is 4.31 Å². The van der Waals surface area contributed by atoms with Crippen LogP contribution in [-0.4, -0.2) is 49.4 Å². The van der Waals surface area contributed by atoms with Crippen molar-refractivity contribution < 1.29 is 22.4 Å². The number of carbonyl (C=O) groups is 2. The molecule has 2 amide bonds. The molecule has 10 heteroatoms. The maximum Gasteiger partial charge on any atom is 0.248 e. The zero-order chi connectivity index (χ0) is 26.4. The molecule has 0 bridgehead atoms. The van der Waals surface area contributed by atoms with Gasteiger partial charge in [0.2, 0.25) is 21.8 Å². The molecular formula is C27H33ClFN3O4S. The highest BCUT2D eigenvalue weighted by atomic mass is 35.5. The summed E-state index contributed by atoms with van der Waals surface area (Å²) in [5.41, 5.74) is 0.685. The fourth-order valence-corrected chi connectivity index (χ4v) is 6.52. The lowest BCUT2D eigenvalue weighted by atomic mass is 9.94. The number of anilines is 1. The van der Waals surface area contributed by atoms with Gasteiger partial charge >= 0.3 is 0 Å². The summed E-state index contributed by atoms with van der Waals surface area (Å²) in [6, 6.07) is 11.3. The largest absolute Gasteiger partial charge is 0.351 e. The van der Waals surface area contributed by atoms with Gasteiger partial charge in [-0.05, 0) is 49.9 Å². The lowest BCUT2D eigenvalue weighted by molar-refractivity contribution is -0.127. The van der Waals surface area contributed by atoms with Crippen molar-refractivity contribution in [3.63, 3.8) is 0 Å². The minimum Gasteiger partial charge on any atom is -0.351 e. The molecule has 1 aliphatic carbocycles. The molecular weight excluding hydrogens is 517 g/mol. The molecule has 1 saturated heterocycles. The molecule has 2 aromatic carbocycles. The molecule has 2 aromatic rings. The quantitative estimate of drug-likeness (QED) is 0.322. The van der Waals surface area contributed by atoms with Crippen LogP contribution in [0, 0.1) is 5.82 Å². The molecule has 2 fully saturated rings. The maximum absolute atomic E-state index is 14.3. The predicted molar refractivity (Wildman–Crippen MR) is 142 cm³/mol. The van der Waals surface area contributed by atoms with E-state index in [1.54, 1.807) is 30.3 Å². The third kappa shape index (κ3) is 7.30. The summed E-state index contributed by atoms with van der Waals surface area (Å²) in [6.07, 6.45) is 5.53. The minimum absolute atomic E-state index is 0.00155. The van der Waals surface area contributed by atoms with E-state index in [9.17, 15) is 22.4 Å². The highest BCUT2D eigenvalue weighted by Gasteiger charge is 2.35. The molecule has 2 aliphatic rings. The van der Waals surface area contributed by atoms with Crippen LogP contribution in [-0.2, 0) is 19.6 Å². The van der Waals surface area contributed by atoms with Crippen molar-refractivity contribution in [1.82, 2.24) is 9.62 Å². The van der Waals surface area contributed by atoms with Crippen LogP contribution in [0.1, 0.15) is 63.0 Å². The number of carbonyl (C=O) groups excluding carboxylic acids is 2. The van der Waals surface area contributed by atoms with Crippen LogP contribution in [0.4, 0.5) is 10.1 Å². The monoisotopic (exact) mass is 549 g/mol. The van der Waals surface area contributed by atoms with Gasteiger partial charge < -0.3 is 5.32 Å². The molecule has 37 heavy (non-hydrogen) atoms. The van der Waals surface area contributed by atoms with E-state index in [2.05, 4.69) is 5.32 Å². The Kier molecular flexibility index (Phi) is 9.21. The third-order valence-corrected chi connectivity index (χ3v) is 9.16. The van der Waals surface area contributed by atoms with E-state index in [0.29, 0.717) is 36.5 Å². The number of benzene rings is 2. The zero-order valence-electron chi connectivity index (χ0n) is 20.7. The maximum atomic E-state index is 14.3. The molecule has 0 aromatic heterocycles. The van der Waals surface area contributed by atoms with Crippen molar-refractivity contribution in [2.75, 3.05) is 23.7 Å². The number of nitrogens with zero attached hydrogens (tertiary/aromatic N) is 2. The number of amides is 2. The Morgan fingerprint density at radius 2 is 1.78 bits per heavy atom. The van der Waals surface area contributed by atoms with Gasteiger partial charge in [-0.25, -0.2) is 12.8 Å². The van der Waals surface area contributed by atoms with E-state index in [1.807, 2.05) is 0 Å². The van der Waals surface area contributed by atoms with Gasteiger partial charge in [0.1, 0.15) is 11.9 Å². The van der Waals surface area contributed by atoms with E-state index in [-0.39, 0.29) is 29.8 Å². The molecule has 1 heterocycles. The van der Waals surface area contributed by atoms with Gasteiger partial charge in [-0.1, -0.05) is 55.1 Å². The lowest BCUT2D eigenvalue weighted by Gasteiger charge is -2.34. The molecule has 7 nitrogen and oxygen atoms in total. The second-order valence-corrected chi connectivity index (χ2v) is 12.2. The Balaban J connectivity index is 1.61. The van der Waals surface area contributed by atoms with Crippen molar-refractivity contribution in [2.24, 2.45) is 0 Å². The lowest BCUT2D eigenvalue weighted by Crippen LogP contribution is -2.47. The SMILES string of the molecule is O=C(NC1CCCCC1)C(c1ccccc1Cl)N(C(=O)CCCCS(=O)(=O)N1CC1)c1cccc(F)c1. The number of hydrogen-bond acceptors (Lipinski definition) is 4. The highest BCUT2D eigenvalue weighted by Crippen LogP contribution is 2.34. The molecule has 1 unspecified atom stereocenters. The molecule has 0 radical (unpaired) electrons. The van der Waals surface area contributed by atoms with Crippen LogP contribution in [0.15, 0.2) is 48.5 Å². The second-order valence-electron chi connectivity index (χ2n) is 9.68. The third-order valence-electron chi connectivity index (χ3n) is 6.86. The van der Waals surface area contributed by atoms with Crippen molar-refractivity contribution in [2.45, 2.75) is 63.5 Å². The Hall–Kier alpha value is -2.49. The fraction of sp³-hybridized carbons (Fsp3) is 0.481. The molecule has 4 rings (SSSR count). The van der Waals surface area contributed by atoms with Crippen molar-refractivity contribution in [1.29, 1.82) is 0 Å². The first-order chi connectivity index (χ1) is 17.8. The molecule has 0 spiro atoms. The Morgan fingerprint density at radius 1 is 1.05 bits per heavy atom. The first-order valence-electron chi connectivity index (χ1n) is 12.9. The van der Waals surface area contributed by atoms with Gasteiger partial charge in [-0.3, -0.25) is 14.5 Å². The number of hydrogen-bond donors (Lipinski definition) is 1. The molecule has 1 saturated carbocycles. The van der Waals surface area contributed by atoms with Crippen LogP contribution in [0.5, 0.6) is 0 Å². The van der Waals surface area contributed by atoms with Crippen LogP contribution < -0.4 is 10.2 Å². The number of halogens is 2. The summed E-state index contributed by atoms with van der Waals surface area (Å²) < 4.78 is 40.0. The second kappa shape index (κ2) is 12.4. The highest BCUT2D eigenvalue weighted by molar-refractivity contribution is 7.89. The van der Waals surface area contributed by atoms with Gasteiger partial charge in [0.25, 0.3) is 0 Å². The Labute approximate surface area is 223 Å². The summed E-state index contributed by atoms with van der Waals surface area (Å²) in [5, 5.41) is 3.43. The molecule has 1 atom stereocenters. The summed E-state index contributed by atoms with van der Waals surface area (Å²) in [7, 11) is -3.28. The van der Waals surface area contributed by atoms with Crippen LogP contribution in [0.25, 0.3) is 0 Å². The predicted octanol–water partition coefficient (Wildman–Crippen LogP) is 4.82. The van der Waals surface area contributed by atoms with E-state index in [1.165, 1.54) is 27.4 Å². The average Bonchev–Trinajstić information content (AvgIpc) is 3.73. The van der Waals surface area contributed by atoms with Gasteiger partial charge in [0, 0.05) is 41.8 Å². The Morgan fingerprint density at radius 3 is 2.46 bits per heavy atom. The summed E-state index contributed by atoms with van der Waals surface area (Å²) in [5.74, 6) is -1.35. The first kappa shape index (κ1) is 27.5. The first-order valence-corrected chi connectivity index (χ1v) is 14.9. The molecule has 1 N–H and O–H groups in total. The smallest absolute Gasteiger partial charge is 0.248 e. The number of nitrogens with one attached hydrogen (secondary N) is 1. The summed E-state index contributed by atoms with van der Waals surface area (Å²) in [6.45, 7) is 1.09. The van der Waals surface area contributed by atoms with E-state index < -0.39 is 27.8 Å². The van der Waals surface area contributed by atoms with E-state index in [0.717, 1.165) is 32.1 Å². The van der Waals surface area contributed by atoms with Crippen LogP contribution in [0.3, 0.4) is 0 Å². The minimum atomic E-state index is -3.28. The van der Waals surface area contributed by atoms with Crippen molar-refractivity contribution in [3.05, 3.63) is 64.9 Å². The van der Waals surface area contributed by atoms with Gasteiger partial charge in [-0.15, -0.1) is 0 Å². The van der Waals surface area contributed by atoms with Crippen LogP contribution in [0.2, 0.25) is 5.02 Å². The normalized spacial score (nSPS) is 17.2. The Bertz CT molecular complexity index is 1220. The average molecular weight is 550 g/mol. The standard InChI is InChI=1S/C27H33ClFN3O4S/c28-24-14-5-4-13-23(24)26(27(34)30-21-10-2-1-3-11-21)32(22-12-8-9-20(29)19-22)25(33)15-6-7-18-37(35,36)31-16-17-31/h4-5,8-9,12-14,19,21,26H,1-3,6-7,10-11,15-18H2,(H,30,34). The molecule has 200 valence electrons. The number of sulfonamides is 1. The number of rotatable bonds is 11. The van der Waals surface area contributed by atoms with Crippen molar-refractivity contribution in [3.8, 4) is 0 Å². The fourth-order valence-electron chi connectivity index (χ4n) is 4.81. The summed E-state index contributed by atoms with van der Waals surface area (Å²) in [4.78, 5) is 28.7. The van der Waals surface area contributed by atoms with E-state index in [4.69, 9.17) is 11.6 Å². The number of unbranched alkanes of at least 4 members (excludes halogenated alkanes) is 1. The zero-order valence-corrected chi connectivity index (χ0v) is 22.3. The summed E-state index contributed by atoms with van der Waals surface area (Å²) >= 11 is 6.52. The van der Waals surface area contributed by atoms with Crippen molar-refractivity contribution >= 4 is 39.1 Å². The van der Waals surface area contributed by atoms with Gasteiger partial charge in [0.05, 0.1) is 5.75 Å².